The molecule has 0 fully saturated rings. The number of carbonyl (C=O) groups excluding carboxylic acids is 1. The third-order valence-corrected chi connectivity index (χ3v) is 7.90. The number of aryl methyl sites for hydroxylation is 2. The van der Waals surface area contributed by atoms with Gasteiger partial charge in [0.2, 0.25) is 0 Å². The first kappa shape index (κ1) is 30.9. The van der Waals surface area contributed by atoms with Crippen LogP contribution in [0, 0.1) is 19.7 Å². The first-order valence-electron chi connectivity index (χ1n) is 15.0. The lowest BCUT2D eigenvalue weighted by Gasteiger charge is -2.28. The summed E-state index contributed by atoms with van der Waals surface area (Å²) >= 11 is 0. The molecule has 1 aliphatic heterocycles. The van der Waals surface area contributed by atoms with E-state index >= 15 is 4.39 Å². The molecule has 0 saturated heterocycles. The van der Waals surface area contributed by atoms with Crippen LogP contribution in [-0.4, -0.2) is 53.6 Å². The van der Waals surface area contributed by atoms with Gasteiger partial charge in [-0.1, -0.05) is 30.3 Å². The van der Waals surface area contributed by atoms with Gasteiger partial charge in [0.1, 0.15) is 5.82 Å². The summed E-state index contributed by atoms with van der Waals surface area (Å²) < 4.78 is 30.3. The van der Waals surface area contributed by atoms with Crippen molar-refractivity contribution in [2.24, 2.45) is 7.05 Å². The molecule has 5 aromatic rings. The molecule has 1 atom stereocenters. The predicted molar refractivity (Wildman–Crippen MR) is 169 cm³/mol. The van der Waals surface area contributed by atoms with Gasteiger partial charge in [0, 0.05) is 47.1 Å². The predicted octanol–water partition coefficient (Wildman–Crippen LogP) is 6.07. The number of halogens is 1. The summed E-state index contributed by atoms with van der Waals surface area (Å²) in [7, 11) is 1.72. The van der Waals surface area contributed by atoms with Crippen molar-refractivity contribution >= 4 is 23.3 Å². The number of hydrogen-bond donors (Lipinski definition) is 2. The zero-order valence-electron chi connectivity index (χ0n) is 26.5. The van der Waals surface area contributed by atoms with Gasteiger partial charge < -0.3 is 19.9 Å². The SMILES string of the molecule is Cc1nc2cc(C(=O)Nc3cc(-c4ccccc4)nn3C)nn2c(-c2cc(F)c3c(c2C)CCCO3)c1[C@H](OC(C)(C)C)C(=O)O. The molecule has 11 nitrogen and oxygen atoms in total. The molecule has 1 aliphatic rings. The van der Waals surface area contributed by atoms with E-state index in [9.17, 15) is 14.7 Å². The molecule has 0 radical (unpaired) electrons. The fourth-order valence-corrected chi connectivity index (χ4v) is 5.82. The van der Waals surface area contributed by atoms with Crippen LogP contribution in [0.2, 0.25) is 0 Å². The molecule has 0 aliphatic carbocycles. The van der Waals surface area contributed by atoms with Crippen LogP contribution in [0.15, 0.2) is 48.5 Å². The minimum atomic E-state index is -1.46. The highest BCUT2D eigenvalue weighted by Crippen LogP contribution is 2.41. The number of aromatic nitrogens is 5. The molecule has 6 rings (SSSR count). The first-order valence-corrected chi connectivity index (χ1v) is 15.0. The van der Waals surface area contributed by atoms with Crippen LogP contribution in [0.3, 0.4) is 0 Å². The molecule has 2 N–H and O–H groups in total. The van der Waals surface area contributed by atoms with Crippen LogP contribution in [0.4, 0.5) is 10.2 Å². The van der Waals surface area contributed by atoms with E-state index in [-0.39, 0.29) is 28.3 Å². The van der Waals surface area contributed by atoms with Crippen LogP contribution < -0.4 is 10.1 Å². The summed E-state index contributed by atoms with van der Waals surface area (Å²) in [5.41, 5.74) is 3.70. The Bertz CT molecular complexity index is 1990. The molecule has 0 unspecified atom stereocenters. The molecule has 2 aromatic carbocycles. The molecule has 0 saturated carbocycles. The molecule has 0 bridgehead atoms. The van der Waals surface area contributed by atoms with Crippen molar-refractivity contribution in [3.63, 3.8) is 0 Å². The highest BCUT2D eigenvalue weighted by molar-refractivity contribution is 6.03. The highest BCUT2D eigenvalue weighted by Gasteiger charge is 2.35. The molecule has 3 aromatic heterocycles. The number of ether oxygens (including phenoxy) is 2. The van der Waals surface area contributed by atoms with Crippen LogP contribution in [0.25, 0.3) is 28.2 Å². The van der Waals surface area contributed by atoms with Crippen LogP contribution >= 0.6 is 0 Å². The van der Waals surface area contributed by atoms with E-state index < -0.39 is 29.4 Å². The van der Waals surface area contributed by atoms with Crippen molar-refractivity contribution in [1.82, 2.24) is 24.4 Å². The van der Waals surface area contributed by atoms with Crippen LogP contribution in [-0.2, 0) is 23.0 Å². The number of carboxylic acids is 1. The Morgan fingerprint density at radius 3 is 2.54 bits per heavy atom. The summed E-state index contributed by atoms with van der Waals surface area (Å²) in [6.45, 7) is 9.18. The summed E-state index contributed by atoms with van der Waals surface area (Å²) in [6.07, 6.45) is -0.155. The smallest absolute Gasteiger partial charge is 0.337 e. The number of carboxylic acid groups (broad SMARTS) is 1. The van der Waals surface area contributed by atoms with E-state index in [0.717, 1.165) is 5.56 Å². The van der Waals surface area contributed by atoms with Gasteiger partial charge in [0.15, 0.2) is 29.0 Å². The van der Waals surface area contributed by atoms with Gasteiger partial charge >= 0.3 is 5.97 Å². The van der Waals surface area contributed by atoms with Gasteiger partial charge in [-0.2, -0.15) is 10.2 Å². The molecule has 4 heterocycles. The van der Waals surface area contributed by atoms with E-state index in [2.05, 4.69) is 20.5 Å². The largest absolute Gasteiger partial charge is 0.490 e. The number of nitrogens with one attached hydrogen (secondary N) is 1. The quantitative estimate of drug-likeness (QED) is 0.222. The number of anilines is 1. The average Bonchev–Trinajstić information content (AvgIpc) is 3.60. The Kier molecular flexibility index (Phi) is 7.85. The van der Waals surface area contributed by atoms with Crippen molar-refractivity contribution < 1.29 is 28.6 Å². The molecule has 1 amide bonds. The highest BCUT2D eigenvalue weighted by atomic mass is 19.1. The second kappa shape index (κ2) is 11.7. The zero-order valence-corrected chi connectivity index (χ0v) is 26.5. The van der Waals surface area contributed by atoms with Crippen molar-refractivity contribution in [3.05, 3.63) is 82.4 Å². The molecule has 12 heteroatoms. The van der Waals surface area contributed by atoms with E-state index in [1.165, 1.54) is 16.6 Å². The van der Waals surface area contributed by atoms with Gasteiger partial charge in [0.25, 0.3) is 5.91 Å². The van der Waals surface area contributed by atoms with Crippen LogP contribution in [0.1, 0.15) is 66.2 Å². The van der Waals surface area contributed by atoms with Crippen LogP contribution in [0.5, 0.6) is 5.75 Å². The minimum Gasteiger partial charge on any atom is -0.490 e. The lowest BCUT2D eigenvalue weighted by Crippen LogP contribution is -2.29. The third kappa shape index (κ3) is 5.71. The standard InChI is InChI=1S/C34H35FN6O5/c1-18-21-13-10-14-45-30(21)23(35)15-22(18)29-28(31(33(43)44)46-34(3,4)5)19(2)36-27-17-25(39-41(27)29)32(42)37-26-16-24(38-40(26)6)20-11-8-7-9-12-20/h7-9,11-12,15-17,31H,10,13-14H2,1-6H3,(H,37,42)(H,43,44)/t31-/m0/s1. The molecule has 46 heavy (non-hydrogen) atoms. The maximum Gasteiger partial charge on any atom is 0.337 e. The van der Waals surface area contributed by atoms with Crippen molar-refractivity contribution in [2.45, 2.75) is 59.2 Å². The van der Waals surface area contributed by atoms with Crippen molar-refractivity contribution in [3.8, 4) is 28.3 Å². The molecule has 238 valence electrons. The van der Waals surface area contributed by atoms with E-state index in [0.29, 0.717) is 53.3 Å². The summed E-state index contributed by atoms with van der Waals surface area (Å²) in [6, 6.07) is 14.2. The van der Waals surface area contributed by atoms with Crippen molar-refractivity contribution in [2.75, 3.05) is 11.9 Å². The average molecular weight is 627 g/mol. The monoisotopic (exact) mass is 626 g/mol. The first-order chi connectivity index (χ1) is 21.8. The number of aliphatic carboxylic acids is 1. The number of amides is 1. The Labute approximate surface area is 265 Å². The molecular formula is C34H35FN6O5. The fourth-order valence-electron chi connectivity index (χ4n) is 5.82. The zero-order chi connectivity index (χ0) is 32.9. The Hall–Kier alpha value is -5.10. The number of fused-ring (bicyclic) bond motifs is 2. The van der Waals surface area contributed by atoms with Gasteiger partial charge in [-0.3, -0.25) is 9.48 Å². The summed E-state index contributed by atoms with van der Waals surface area (Å²) in [5.74, 6) is -1.69. The molecule has 0 spiro atoms. The van der Waals surface area contributed by atoms with Gasteiger partial charge in [-0.25, -0.2) is 18.7 Å². The van der Waals surface area contributed by atoms with E-state index in [4.69, 9.17) is 9.47 Å². The maximum atomic E-state index is 15.6. The molecular weight excluding hydrogens is 591 g/mol. The fraction of sp³-hybridized carbons (Fsp3) is 0.324. The lowest BCUT2D eigenvalue weighted by atomic mass is 9.91. The number of carbonyl (C=O) groups is 2. The lowest BCUT2D eigenvalue weighted by molar-refractivity contribution is -0.160. The number of rotatable bonds is 7. The number of hydrogen-bond acceptors (Lipinski definition) is 7. The number of benzene rings is 2. The summed E-state index contributed by atoms with van der Waals surface area (Å²) in [5, 5.41) is 22.4. The van der Waals surface area contributed by atoms with E-state index in [1.807, 2.05) is 37.3 Å². The van der Waals surface area contributed by atoms with Gasteiger partial charge in [0.05, 0.1) is 23.6 Å². The maximum absolute atomic E-state index is 15.6. The van der Waals surface area contributed by atoms with Gasteiger partial charge in [-0.05, 0) is 59.1 Å². The third-order valence-electron chi connectivity index (χ3n) is 7.90. The Balaban J connectivity index is 1.51. The minimum absolute atomic E-state index is 0.0239. The number of nitrogens with zero attached hydrogens (tertiary/aromatic N) is 5. The summed E-state index contributed by atoms with van der Waals surface area (Å²) in [4.78, 5) is 31.0. The Morgan fingerprint density at radius 2 is 1.85 bits per heavy atom. The van der Waals surface area contributed by atoms with Crippen molar-refractivity contribution in [1.29, 1.82) is 0 Å². The second-order valence-corrected chi connectivity index (χ2v) is 12.4. The topological polar surface area (TPSA) is 133 Å². The Morgan fingerprint density at radius 1 is 1.11 bits per heavy atom. The van der Waals surface area contributed by atoms with E-state index in [1.54, 1.807) is 45.5 Å². The normalized spacial score (nSPS) is 13.7. The second-order valence-electron chi connectivity index (χ2n) is 12.4. The van der Waals surface area contributed by atoms with Gasteiger partial charge in [-0.15, -0.1) is 0 Å².